The third-order valence-corrected chi connectivity index (χ3v) is 5.18. The first-order valence-electron chi connectivity index (χ1n) is 10.4. The van der Waals surface area contributed by atoms with Gasteiger partial charge in [0.1, 0.15) is 12.4 Å². The van der Waals surface area contributed by atoms with Crippen LogP contribution in [0.5, 0.6) is 17.2 Å². The first-order chi connectivity index (χ1) is 16.2. The van der Waals surface area contributed by atoms with Gasteiger partial charge in [0.05, 0.1) is 26.0 Å². The molecule has 0 aromatic heterocycles. The van der Waals surface area contributed by atoms with E-state index in [0.717, 1.165) is 16.5 Å². The summed E-state index contributed by atoms with van der Waals surface area (Å²) in [7, 11) is 3.11. The fourth-order valence-corrected chi connectivity index (χ4v) is 3.52. The highest BCUT2D eigenvalue weighted by Gasteiger charge is 2.11. The Morgan fingerprint density at radius 2 is 1.61 bits per heavy atom. The van der Waals surface area contributed by atoms with Gasteiger partial charge in [-0.3, -0.25) is 4.79 Å². The van der Waals surface area contributed by atoms with E-state index in [2.05, 4.69) is 34.8 Å². The van der Waals surface area contributed by atoms with Gasteiger partial charge in [0.2, 0.25) is 0 Å². The molecule has 1 amide bonds. The van der Waals surface area contributed by atoms with Crippen molar-refractivity contribution in [3.8, 4) is 17.2 Å². The zero-order valence-corrected chi connectivity index (χ0v) is 18.4. The average molecular weight is 440 g/mol. The minimum absolute atomic E-state index is 0.356. The topological polar surface area (TPSA) is 69.2 Å². The number of carbonyl (C=O) groups excluding carboxylic acids is 1. The zero-order valence-electron chi connectivity index (χ0n) is 18.4. The number of rotatable bonds is 8. The number of para-hydroxylation sites is 1. The monoisotopic (exact) mass is 440 g/mol. The quantitative estimate of drug-likeness (QED) is 0.302. The van der Waals surface area contributed by atoms with Gasteiger partial charge in [-0.1, -0.05) is 54.6 Å². The van der Waals surface area contributed by atoms with Gasteiger partial charge in [-0.05, 0) is 52.2 Å². The SMILES string of the molecule is COc1cc(C=NNC(=O)c2ccccc2OC)ccc1OCc1cccc2ccccc12. The second kappa shape index (κ2) is 10.3. The van der Waals surface area contributed by atoms with Crippen LogP contribution in [0.1, 0.15) is 21.5 Å². The van der Waals surface area contributed by atoms with Gasteiger partial charge in [-0.2, -0.15) is 5.10 Å². The Labute approximate surface area is 192 Å². The molecular formula is C27H24N2O4. The van der Waals surface area contributed by atoms with Gasteiger partial charge >= 0.3 is 0 Å². The predicted molar refractivity (Wildman–Crippen MR) is 129 cm³/mol. The lowest BCUT2D eigenvalue weighted by Crippen LogP contribution is -2.18. The highest BCUT2D eigenvalue weighted by atomic mass is 16.5. The maximum atomic E-state index is 12.4. The van der Waals surface area contributed by atoms with Gasteiger partial charge in [-0.25, -0.2) is 5.43 Å². The number of nitrogens with one attached hydrogen (secondary N) is 1. The molecule has 0 saturated carbocycles. The molecule has 0 aliphatic heterocycles. The number of benzene rings is 4. The molecule has 0 fully saturated rings. The van der Waals surface area contributed by atoms with Crippen LogP contribution in [0.25, 0.3) is 10.8 Å². The third-order valence-electron chi connectivity index (χ3n) is 5.18. The molecular weight excluding hydrogens is 416 g/mol. The summed E-state index contributed by atoms with van der Waals surface area (Å²) in [6.45, 7) is 0.417. The normalized spacial score (nSPS) is 10.8. The summed E-state index contributed by atoms with van der Waals surface area (Å²) < 4.78 is 16.8. The second-order valence-corrected chi connectivity index (χ2v) is 7.24. The molecule has 0 atom stereocenters. The van der Waals surface area contributed by atoms with Crippen molar-refractivity contribution in [1.82, 2.24) is 5.43 Å². The van der Waals surface area contributed by atoms with Crippen LogP contribution in [-0.2, 0) is 6.61 Å². The molecule has 0 heterocycles. The van der Waals surface area contributed by atoms with Crippen LogP contribution in [-0.4, -0.2) is 26.3 Å². The lowest BCUT2D eigenvalue weighted by Gasteiger charge is -2.12. The first kappa shape index (κ1) is 21.9. The van der Waals surface area contributed by atoms with E-state index in [9.17, 15) is 4.79 Å². The van der Waals surface area contributed by atoms with Crippen LogP contribution < -0.4 is 19.6 Å². The molecule has 0 unspecified atom stereocenters. The summed E-state index contributed by atoms with van der Waals surface area (Å²) >= 11 is 0. The number of fused-ring (bicyclic) bond motifs is 1. The average Bonchev–Trinajstić information content (AvgIpc) is 2.87. The maximum Gasteiger partial charge on any atom is 0.275 e. The predicted octanol–water partition coefficient (Wildman–Crippen LogP) is 5.20. The van der Waals surface area contributed by atoms with Crippen LogP contribution in [0.4, 0.5) is 0 Å². The highest BCUT2D eigenvalue weighted by molar-refractivity contribution is 5.97. The Hall–Kier alpha value is -4.32. The van der Waals surface area contributed by atoms with Crippen LogP contribution in [0.2, 0.25) is 0 Å². The Morgan fingerprint density at radius 1 is 0.848 bits per heavy atom. The minimum atomic E-state index is -0.356. The van der Waals surface area contributed by atoms with Gasteiger partial charge in [0, 0.05) is 0 Å². The van der Waals surface area contributed by atoms with Crippen LogP contribution in [0.15, 0.2) is 90.0 Å². The lowest BCUT2D eigenvalue weighted by molar-refractivity contribution is 0.0952. The van der Waals surface area contributed by atoms with E-state index in [-0.39, 0.29) is 5.91 Å². The number of amides is 1. The Balaban J connectivity index is 1.44. The van der Waals surface area contributed by atoms with Crippen LogP contribution in [0.3, 0.4) is 0 Å². The van der Waals surface area contributed by atoms with Gasteiger partial charge in [0.15, 0.2) is 11.5 Å². The van der Waals surface area contributed by atoms with E-state index in [1.807, 2.05) is 30.3 Å². The molecule has 0 spiro atoms. The van der Waals surface area contributed by atoms with E-state index >= 15 is 0 Å². The summed E-state index contributed by atoms with van der Waals surface area (Å²) in [5, 5.41) is 6.38. The largest absolute Gasteiger partial charge is 0.496 e. The molecule has 6 nitrogen and oxygen atoms in total. The standard InChI is InChI=1S/C27H24N2O4/c1-31-24-13-6-5-12-23(24)27(30)29-28-17-19-14-15-25(26(16-19)32-2)33-18-21-10-7-9-20-8-3-4-11-22(20)21/h3-17H,18H2,1-2H3,(H,29,30). The zero-order chi connectivity index (χ0) is 23.0. The van der Waals surface area contributed by atoms with E-state index in [4.69, 9.17) is 14.2 Å². The minimum Gasteiger partial charge on any atom is -0.496 e. The summed E-state index contributed by atoms with van der Waals surface area (Å²) in [4.78, 5) is 12.4. The summed E-state index contributed by atoms with van der Waals surface area (Å²) in [5.74, 6) is 1.33. The molecule has 4 aromatic carbocycles. The molecule has 6 heteroatoms. The van der Waals surface area contributed by atoms with E-state index in [1.165, 1.54) is 12.5 Å². The third kappa shape index (κ3) is 5.13. The van der Waals surface area contributed by atoms with E-state index in [0.29, 0.717) is 29.4 Å². The molecule has 0 bridgehead atoms. The van der Waals surface area contributed by atoms with Crippen LogP contribution in [0, 0.1) is 0 Å². The highest BCUT2D eigenvalue weighted by Crippen LogP contribution is 2.29. The van der Waals surface area contributed by atoms with Crippen molar-refractivity contribution in [2.24, 2.45) is 5.10 Å². The fourth-order valence-electron chi connectivity index (χ4n) is 3.52. The molecule has 33 heavy (non-hydrogen) atoms. The Kier molecular flexibility index (Phi) is 6.85. The molecule has 0 saturated heterocycles. The van der Waals surface area contributed by atoms with Crippen molar-refractivity contribution in [3.63, 3.8) is 0 Å². The molecule has 166 valence electrons. The maximum absolute atomic E-state index is 12.4. The molecule has 0 aliphatic rings. The summed E-state index contributed by atoms with van der Waals surface area (Å²) in [6, 6.07) is 26.8. The van der Waals surface area contributed by atoms with Crippen molar-refractivity contribution in [2.45, 2.75) is 6.61 Å². The van der Waals surface area contributed by atoms with E-state index in [1.54, 1.807) is 43.7 Å². The summed E-state index contributed by atoms with van der Waals surface area (Å²) in [6.07, 6.45) is 1.55. The second-order valence-electron chi connectivity index (χ2n) is 7.24. The van der Waals surface area contributed by atoms with Crippen molar-refractivity contribution in [3.05, 3.63) is 102 Å². The smallest absolute Gasteiger partial charge is 0.275 e. The molecule has 0 radical (unpaired) electrons. The number of carbonyl (C=O) groups is 1. The molecule has 0 aliphatic carbocycles. The van der Waals surface area contributed by atoms with Gasteiger partial charge < -0.3 is 14.2 Å². The number of methoxy groups -OCH3 is 2. The Morgan fingerprint density at radius 3 is 2.45 bits per heavy atom. The van der Waals surface area contributed by atoms with E-state index < -0.39 is 0 Å². The number of ether oxygens (including phenoxy) is 3. The van der Waals surface area contributed by atoms with Crippen LogP contribution >= 0.6 is 0 Å². The molecule has 1 N–H and O–H groups in total. The van der Waals surface area contributed by atoms with Crippen molar-refractivity contribution in [2.75, 3.05) is 14.2 Å². The lowest BCUT2D eigenvalue weighted by atomic mass is 10.1. The van der Waals surface area contributed by atoms with Crippen molar-refractivity contribution in [1.29, 1.82) is 0 Å². The Bertz CT molecular complexity index is 1300. The van der Waals surface area contributed by atoms with Crippen molar-refractivity contribution < 1.29 is 19.0 Å². The van der Waals surface area contributed by atoms with Crippen molar-refractivity contribution >= 4 is 22.9 Å². The summed E-state index contributed by atoms with van der Waals surface area (Å²) in [5.41, 5.74) is 4.78. The van der Waals surface area contributed by atoms with Gasteiger partial charge in [0.25, 0.3) is 5.91 Å². The van der Waals surface area contributed by atoms with Gasteiger partial charge in [-0.15, -0.1) is 0 Å². The number of hydrogen-bond donors (Lipinski definition) is 1. The first-order valence-corrected chi connectivity index (χ1v) is 10.4. The molecule has 4 aromatic rings. The number of hydrogen-bond acceptors (Lipinski definition) is 5. The number of nitrogens with zero attached hydrogens (tertiary/aromatic N) is 1. The number of hydrazone groups is 1. The fraction of sp³-hybridized carbons (Fsp3) is 0.111. The molecule has 4 rings (SSSR count).